The summed E-state index contributed by atoms with van der Waals surface area (Å²) in [5.41, 5.74) is 0.823. The number of amides is 1. The largest absolute Gasteiger partial charge is 0.383 e. The van der Waals surface area contributed by atoms with E-state index < -0.39 is 0 Å². The SMILES string of the molecule is CC(C)(C)NC(=O)CCNc1cccc(Cl)c1C#N. The summed E-state index contributed by atoms with van der Waals surface area (Å²) in [6.45, 7) is 6.26. The zero-order valence-electron chi connectivity index (χ0n) is 11.4. The summed E-state index contributed by atoms with van der Waals surface area (Å²) in [7, 11) is 0. The molecule has 1 aromatic carbocycles. The molecule has 0 saturated carbocycles. The van der Waals surface area contributed by atoms with Gasteiger partial charge in [0.15, 0.2) is 0 Å². The van der Waals surface area contributed by atoms with Crippen LogP contribution in [0.2, 0.25) is 5.02 Å². The Hall–Kier alpha value is -1.73. The van der Waals surface area contributed by atoms with Crippen molar-refractivity contribution < 1.29 is 4.79 Å². The summed E-state index contributed by atoms with van der Waals surface area (Å²) in [5, 5.41) is 15.3. The Bertz CT molecular complexity index is 500. The van der Waals surface area contributed by atoms with Crippen molar-refractivity contribution in [3.8, 4) is 6.07 Å². The van der Waals surface area contributed by atoms with Crippen LogP contribution < -0.4 is 10.6 Å². The highest BCUT2D eigenvalue weighted by atomic mass is 35.5. The number of nitrogens with zero attached hydrogens (tertiary/aromatic N) is 1. The number of halogens is 1. The van der Waals surface area contributed by atoms with Crippen molar-refractivity contribution in [1.82, 2.24) is 5.32 Å². The molecule has 1 amide bonds. The van der Waals surface area contributed by atoms with Gasteiger partial charge < -0.3 is 10.6 Å². The maximum Gasteiger partial charge on any atom is 0.222 e. The topological polar surface area (TPSA) is 64.9 Å². The van der Waals surface area contributed by atoms with Crippen molar-refractivity contribution in [2.24, 2.45) is 0 Å². The molecular formula is C14H18ClN3O. The number of hydrogen-bond donors (Lipinski definition) is 2. The Morgan fingerprint density at radius 1 is 1.42 bits per heavy atom. The number of carbonyl (C=O) groups is 1. The van der Waals surface area contributed by atoms with Gasteiger partial charge in [-0.2, -0.15) is 5.26 Å². The minimum atomic E-state index is -0.231. The van der Waals surface area contributed by atoms with Gasteiger partial charge in [0.1, 0.15) is 6.07 Å². The molecule has 5 heteroatoms. The van der Waals surface area contributed by atoms with E-state index >= 15 is 0 Å². The lowest BCUT2D eigenvalue weighted by atomic mass is 10.1. The third-order valence-corrected chi connectivity index (χ3v) is 2.62. The van der Waals surface area contributed by atoms with Gasteiger partial charge >= 0.3 is 0 Å². The molecule has 0 radical (unpaired) electrons. The van der Waals surface area contributed by atoms with Crippen molar-refractivity contribution in [3.05, 3.63) is 28.8 Å². The van der Waals surface area contributed by atoms with Gasteiger partial charge in [-0.1, -0.05) is 17.7 Å². The fourth-order valence-electron chi connectivity index (χ4n) is 1.58. The molecule has 0 aliphatic carbocycles. The van der Waals surface area contributed by atoms with E-state index in [9.17, 15) is 4.79 Å². The molecule has 0 saturated heterocycles. The summed E-state index contributed by atoms with van der Waals surface area (Å²) in [6, 6.07) is 7.24. The van der Waals surface area contributed by atoms with Crippen molar-refractivity contribution in [3.63, 3.8) is 0 Å². The van der Waals surface area contributed by atoms with E-state index in [2.05, 4.69) is 10.6 Å². The molecule has 0 fully saturated rings. The van der Waals surface area contributed by atoms with Gasteiger partial charge in [-0.05, 0) is 32.9 Å². The molecule has 102 valence electrons. The Morgan fingerprint density at radius 2 is 2.11 bits per heavy atom. The number of hydrogen-bond acceptors (Lipinski definition) is 3. The monoisotopic (exact) mass is 279 g/mol. The summed E-state index contributed by atoms with van der Waals surface area (Å²) in [5.74, 6) is -0.0273. The third kappa shape index (κ3) is 5.19. The van der Waals surface area contributed by atoms with Crippen LogP contribution in [0.4, 0.5) is 5.69 Å². The molecule has 1 aromatic rings. The molecule has 0 spiro atoms. The second-order valence-electron chi connectivity index (χ2n) is 5.25. The lowest BCUT2D eigenvalue weighted by Gasteiger charge is -2.20. The lowest BCUT2D eigenvalue weighted by molar-refractivity contribution is -0.122. The number of carbonyl (C=O) groups excluding carboxylic acids is 1. The molecule has 19 heavy (non-hydrogen) atoms. The van der Waals surface area contributed by atoms with Gasteiger partial charge in [0.25, 0.3) is 0 Å². The predicted octanol–water partition coefficient (Wildman–Crippen LogP) is 2.93. The lowest BCUT2D eigenvalue weighted by Crippen LogP contribution is -2.41. The van der Waals surface area contributed by atoms with Crippen LogP contribution in [0.15, 0.2) is 18.2 Å². The molecule has 0 heterocycles. The Morgan fingerprint density at radius 3 is 2.68 bits per heavy atom. The predicted molar refractivity (Wildman–Crippen MR) is 77.2 cm³/mol. The average molecular weight is 280 g/mol. The highest BCUT2D eigenvalue weighted by Crippen LogP contribution is 2.23. The van der Waals surface area contributed by atoms with Gasteiger partial charge in [0, 0.05) is 18.5 Å². The van der Waals surface area contributed by atoms with Crippen molar-refractivity contribution >= 4 is 23.2 Å². The highest BCUT2D eigenvalue weighted by Gasteiger charge is 2.13. The molecule has 1 rings (SSSR count). The standard InChI is InChI=1S/C14H18ClN3O/c1-14(2,3)18-13(19)7-8-17-12-6-4-5-11(15)10(12)9-16/h4-6,17H,7-8H2,1-3H3,(H,18,19). The first-order valence-electron chi connectivity index (χ1n) is 6.07. The van der Waals surface area contributed by atoms with Crippen LogP contribution in [0.3, 0.4) is 0 Å². The first-order valence-corrected chi connectivity index (χ1v) is 6.45. The first-order chi connectivity index (χ1) is 8.83. The number of anilines is 1. The van der Waals surface area contributed by atoms with Crippen molar-refractivity contribution in [2.45, 2.75) is 32.7 Å². The van der Waals surface area contributed by atoms with E-state index in [0.717, 1.165) is 0 Å². The number of nitriles is 1. The molecule has 0 aromatic heterocycles. The second-order valence-corrected chi connectivity index (χ2v) is 5.66. The van der Waals surface area contributed by atoms with E-state index in [1.807, 2.05) is 26.8 Å². The Kier molecular flexibility index (Phi) is 5.20. The summed E-state index contributed by atoms with van der Waals surface area (Å²) in [6.07, 6.45) is 0.342. The van der Waals surface area contributed by atoms with Gasteiger partial charge in [-0.25, -0.2) is 0 Å². The number of benzene rings is 1. The summed E-state index contributed by atoms with van der Waals surface area (Å²) in [4.78, 5) is 11.6. The van der Waals surface area contributed by atoms with Crippen molar-refractivity contribution in [2.75, 3.05) is 11.9 Å². The second kappa shape index (κ2) is 6.44. The van der Waals surface area contributed by atoms with Gasteiger partial charge in [-0.15, -0.1) is 0 Å². The van der Waals surface area contributed by atoms with E-state index in [0.29, 0.717) is 29.2 Å². The van der Waals surface area contributed by atoms with Crippen LogP contribution in [0.5, 0.6) is 0 Å². The zero-order valence-corrected chi connectivity index (χ0v) is 12.1. The summed E-state index contributed by atoms with van der Waals surface area (Å²) >= 11 is 5.92. The smallest absolute Gasteiger partial charge is 0.222 e. The van der Waals surface area contributed by atoms with Crippen molar-refractivity contribution in [1.29, 1.82) is 5.26 Å². The highest BCUT2D eigenvalue weighted by molar-refractivity contribution is 6.32. The van der Waals surface area contributed by atoms with Crippen LogP contribution in [-0.2, 0) is 4.79 Å². The maximum absolute atomic E-state index is 11.6. The average Bonchev–Trinajstić information content (AvgIpc) is 2.26. The van der Waals surface area contributed by atoms with Crippen LogP contribution in [0.25, 0.3) is 0 Å². The molecule has 2 N–H and O–H groups in total. The van der Waals surface area contributed by atoms with E-state index in [-0.39, 0.29) is 11.4 Å². The van der Waals surface area contributed by atoms with E-state index in [1.165, 1.54) is 0 Å². The summed E-state index contributed by atoms with van der Waals surface area (Å²) < 4.78 is 0. The van der Waals surface area contributed by atoms with Gasteiger partial charge in [0.2, 0.25) is 5.91 Å². The Balaban J connectivity index is 2.53. The zero-order chi connectivity index (χ0) is 14.5. The molecule has 4 nitrogen and oxygen atoms in total. The minimum Gasteiger partial charge on any atom is -0.383 e. The van der Waals surface area contributed by atoms with Crippen LogP contribution in [0, 0.1) is 11.3 Å². The quantitative estimate of drug-likeness (QED) is 0.891. The fraction of sp³-hybridized carbons (Fsp3) is 0.429. The molecule has 0 atom stereocenters. The van der Waals surface area contributed by atoms with E-state index in [1.54, 1.807) is 18.2 Å². The number of nitrogens with one attached hydrogen (secondary N) is 2. The van der Waals surface area contributed by atoms with Crippen LogP contribution >= 0.6 is 11.6 Å². The Labute approximate surface area is 118 Å². The molecule has 0 unspecified atom stereocenters. The maximum atomic E-state index is 11.6. The molecular weight excluding hydrogens is 262 g/mol. The van der Waals surface area contributed by atoms with Crippen LogP contribution in [-0.4, -0.2) is 18.0 Å². The van der Waals surface area contributed by atoms with Crippen LogP contribution in [0.1, 0.15) is 32.8 Å². The fourth-order valence-corrected chi connectivity index (χ4v) is 1.79. The van der Waals surface area contributed by atoms with Gasteiger partial charge in [0.05, 0.1) is 16.3 Å². The van der Waals surface area contributed by atoms with E-state index in [4.69, 9.17) is 16.9 Å². The normalized spacial score (nSPS) is 10.7. The van der Waals surface area contributed by atoms with Gasteiger partial charge in [-0.3, -0.25) is 4.79 Å². The number of rotatable bonds is 4. The minimum absolute atomic E-state index is 0.0273. The molecule has 0 aliphatic heterocycles. The third-order valence-electron chi connectivity index (χ3n) is 2.31. The molecule has 0 aliphatic rings. The first kappa shape index (κ1) is 15.3. The molecule has 0 bridgehead atoms.